The zero-order valence-corrected chi connectivity index (χ0v) is 16.0. The molecule has 1 aromatic carbocycles. The highest BCUT2D eigenvalue weighted by Gasteiger charge is 2.32. The smallest absolute Gasteiger partial charge is 0.220 e. The number of sulfone groups is 1. The van der Waals surface area contributed by atoms with Crippen LogP contribution < -0.4 is 5.73 Å². The number of hydrogen-bond acceptors (Lipinski definition) is 6. The molecule has 1 aliphatic rings. The number of nitrogens with zero attached hydrogens (tertiary/aromatic N) is 2. The van der Waals surface area contributed by atoms with Gasteiger partial charge in [-0.15, -0.1) is 0 Å². The van der Waals surface area contributed by atoms with Crippen LogP contribution in [0.25, 0.3) is 0 Å². The van der Waals surface area contributed by atoms with E-state index in [-0.39, 0.29) is 35.7 Å². The average Bonchev–Trinajstić information content (AvgIpc) is 2.52. The van der Waals surface area contributed by atoms with Gasteiger partial charge in [0.1, 0.15) is 0 Å². The minimum Gasteiger partial charge on any atom is -0.368 e. The summed E-state index contributed by atoms with van der Waals surface area (Å²) in [5.74, 6) is -0.0609. The molecule has 138 valence electrons. The first-order chi connectivity index (χ1) is 12.2. The van der Waals surface area contributed by atoms with Gasteiger partial charge in [-0.1, -0.05) is 32.0 Å². The number of carbonyl (C=O) groups is 1. The molecule has 1 aliphatic carbocycles. The van der Waals surface area contributed by atoms with E-state index in [0.29, 0.717) is 33.8 Å². The number of nitrogens with two attached hydrogens (primary N) is 1. The summed E-state index contributed by atoms with van der Waals surface area (Å²) in [5.41, 5.74) is 8.13. The zero-order valence-electron chi connectivity index (χ0n) is 15.2. The average molecular weight is 373 g/mol. The number of aromatic nitrogens is 2. The fourth-order valence-electron chi connectivity index (χ4n) is 3.65. The van der Waals surface area contributed by atoms with Crippen molar-refractivity contribution in [2.75, 3.05) is 11.5 Å². The fraction of sp³-hybridized carbons (Fsp3) is 0.421. The molecule has 0 fully saturated rings. The van der Waals surface area contributed by atoms with E-state index in [9.17, 15) is 13.2 Å². The number of Topliss-reactive ketones (excluding diaryl/α,β-unsaturated/α-hetero) is 1. The first-order valence-electron chi connectivity index (χ1n) is 8.67. The van der Waals surface area contributed by atoms with Gasteiger partial charge < -0.3 is 5.73 Å². The van der Waals surface area contributed by atoms with Crippen molar-refractivity contribution < 1.29 is 13.2 Å². The Balaban J connectivity index is 2.05. The topological polar surface area (TPSA) is 103 Å². The van der Waals surface area contributed by atoms with Crippen molar-refractivity contribution in [1.29, 1.82) is 0 Å². The molecule has 0 aliphatic heterocycles. The Bertz CT molecular complexity index is 968. The molecule has 1 unspecified atom stereocenters. The van der Waals surface area contributed by atoms with Crippen molar-refractivity contribution in [3.05, 3.63) is 46.8 Å². The molecule has 1 atom stereocenters. The first-order valence-corrected chi connectivity index (χ1v) is 10.3. The Hall–Kier alpha value is -2.28. The summed E-state index contributed by atoms with van der Waals surface area (Å²) in [4.78, 5) is 21.3. The molecule has 2 N–H and O–H groups in total. The number of hydrogen-bond donors (Lipinski definition) is 1. The summed E-state index contributed by atoms with van der Waals surface area (Å²) in [6.07, 6.45) is 0.720. The summed E-state index contributed by atoms with van der Waals surface area (Å²) in [7, 11) is -3.42. The summed E-state index contributed by atoms with van der Waals surface area (Å²) in [6, 6.07) is 6.96. The molecular formula is C19H23N3O3S. The maximum Gasteiger partial charge on any atom is 0.220 e. The number of carbonyl (C=O) groups excluding carboxylic acids is 1. The van der Waals surface area contributed by atoms with Gasteiger partial charge in [-0.3, -0.25) is 4.79 Å². The number of anilines is 1. The number of aryl methyl sites for hydroxylation is 1. The van der Waals surface area contributed by atoms with Crippen molar-refractivity contribution in [2.24, 2.45) is 5.92 Å². The van der Waals surface area contributed by atoms with Crippen LogP contribution in [0.5, 0.6) is 0 Å². The van der Waals surface area contributed by atoms with Crippen LogP contribution in [0.3, 0.4) is 0 Å². The molecule has 1 aromatic heterocycles. The Kier molecular flexibility index (Phi) is 4.84. The molecule has 3 rings (SSSR count). The molecule has 0 amide bonds. The highest BCUT2D eigenvalue weighted by atomic mass is 32.2. The number of fused-ring (bicyclic) bond motifs is 1. The van der Waals surface area contributed by atoms with Crippen LogP contribution >= 0.6 is 0 Å². The minimum absolute atomic E-state index is 0.0250. The van der Waals surface area contributed by atoms with Gasteiger partial charge >= 0.3 is 0 Å². The van der Waals surface area contributed by atoms with Crippen LogP contribution in [-0.4, -0.2) is 29.9 Å². The molecule has 2 aromatic rings. The summed E-state index contributed by atoms with van der Waals surface area (Å²) in [6.45, 7) is 5.50. The van der Waals surface area contributed by atoms with E-state index in [1.807, 2.05) is 19.9 Å². The summed E-state index contributed by atoms with van der Waals surface area (Å²) >= 11 is 0. The van der Waals surface area contributed by atoms with Crippen molar-refractivity contribution in [3.63, 3.8) is 0 Å². The number of nitrogen functional groups attached to an aromatic ring is 1. The molecule has 0 spiro atoms. The van der Waals surface area contributed by atoms with Gasteiger partial charge in [-0.2, -0.15) is 0 Å². The SMILES string of the molecule is Cc1nc(N)nc2c1C(=O)CC(c1ccccc1S(=O)(=O)CC(C)C)C2. The zero-order chi connectivity index (χ0) is 19.1. The van der Waals surface area contributed by atoms with E-state index >= 15 is 0 Å². The largest absolute Gasteiger partial charge is 0.368 e. The van der Waals surface area contributed by atoms with E-state index < -0.39 is 9.84 Å². The molecule has 0 radical (unpaired) electrons. The molecule has 1 heterocycles. The third kappa shape index (κ3) is 3.49. The van der Waals surface area contributed by atoms with Gasteiger partial charge in [0.25, 0.3) is 0 Å². The molecule has 6 nitrogen and oxygen atoms in total. The Morgan fingerprint density at radius 3 is 2.58 bits per heavy atom. The second-order valence-corrected chi connectivity index (χ2v) is 9.23. The molecule has 0 bridgehead atoms. The van der Waals surface area contributed by atoms with Crippen LogP contribution in [0.1, 0.15) is 53.5 Å². The standard InChI is InChI=1S/C19H23N3O3S/c1-11(2)10-26(24,25)17-7-5-4-6-14(17)13-8-15-18(16(23)9-13)12(3)21-19(20)22-15/h4-7,11,13H,8-10H2,1-3H3,(H2,20,21,22). The monoisotopic (exact) mass is 373 g/mol. The molecule has 7 heteroatoms. The van der Waals surface area contributed by atoms with Gasteiger partial charge in [-0.05, 0) is 36.8 Å². The molecular weight excluding hydrogens is 350 g/mol. The molecule has 0 saturated heterocycles. The normalized spacial score (nSPS) is 17.4. The Morgan fingerprint density at radius 1 is 1.19 bits per heavy atom. The fourth-order valence-corrected chi connectivity index (χ4v) is 5.58. The van der Waals surface area contributed by atoms with Gasteiger partial charge in [-0.25, -0.2) is 18.4 Å². The lowest BCUT2D eigenvalue weighted by atomic mass is 9.81. The van der Waals surface area contributed by atoms with Crippen LogP contribution in [0.4, 0.5) is 5.95 Å². The van der Waals surface area contributed by atoms with Crippen LogP contribution in [-0.2, 0) is 16.3 Å². The minimum atomic E-state index is -3.42. The maximum atomic E-state index is 12.8. The first kappa shape index (κ1) is 18.5. The van der Waals surface area contributed by atoms with E-state index in [1.165, 1.54) is 0 Å². The van der Waals surface area contributed by atoms with Crippen molar-refractivity contribution in [1.82, 2.24) is 9.97 Å². The quantitative estimate of drug-likeness (QED) is 0.884. The number of benzene rings is 1. The van der Waals surface area contributed by atoms with Gasteiger partial charge in [0.05, 0.1) is 27.6 Å². The summed E-state index contributed by atoms with van der Waals surface area (Å²) < 4.78 is 25.6. The Labute approximate surface area is 153 Å². The van der Waals surface area contributed by atoms with Crippen molar-refractivity contribution in [2.45, 2.75) is 44.4 Å². The predicted octanol–water partition coefficient (Wildman–Crippen LogP) is 2.71. The molecule has 26 heavy (non-hydrogen) atoms. The maximum absolute atomic E-state index is 12.8. The third-order valence-electron chi connectivity index (χ3n) is 4.58. The van der Waals surface area contributed by atoms with Gasteiger partial charge in [0.2, 0.25) is 5.95 Å². The van der Waals surface area contributed by atoms with Crippen LogP contribution in [0.2, 0.25) is 0 Å². The second kappa shape index (κ2) is 6.79. The van der Waals surface area contributed by atoms with Gasteiger partial charge in [0.15, 0.2) is 15.6 Å². The van der Waals surface area contributed by atoms with E-state index in [2.05, 4.69) is 9.97 Å². The number of ketones is 1. The lowest BCUT2D eigenvalue weighted by Gasteiger charge is -2.26. The number of rotatable bonds is 4. The highest BCUT2D eigenvalue weighted by Crippen LogP contribution is 2.36. The predicted molar refractivity (Wildman–Crippen MR) is 99.9 cm³/mol. The van der Waals surface area contributed by atoms with Crippen LogP contribution in [0, 0.1) is 12.8 Å². The molecule has 0 saturated carbocycles. The van der Waals surface area contributed by atoms with E-state index in [4.69, 9.17) is 5.73 Å². The van der Waals surface area contributed by atoms with Crippen molar-refractivity contribution >= 4 is 21.6 Å². The lowest BCUT2D eigenvalue weighted by Crippen LogP contribution is -2.24. The van der Waals surface area contributed by atoms with Crippen LogP contribution in [0.15, 0.2) is 29.2 Å². The lowest BCUT2D eigenvalue weighted by molar-refractivity contribution is 0.0961. The van der Waals surface area contributed by atoms with Crippen molar-refractivity contribution in [3.8, 4) is 0 Å². The Morgan fingerprint density at radius 2 is 1.88 bits per heavy atom. The summed E-state index contributed by atoms with van der Waals surface area (Å²) in [5, 5.41) is 0. The third-order valence-corrected chi connectivity index (χ3v) is 6.73. The van der Waals surface area contributed by atoms with Gasteiger partial charge in [0, 0.05) is 6.42 Å². The second-order valence-electron chi connectivity index (χ2n) is 7.23. The highest BCUT2D eigenvalue weighted by molar-refractivity contribution is 7.91. The van der Waals surface area contributed by atoms with E-state index in [0.717, 1.165) is 0 Å². The van der Waals surface area contributed by atoms with E-state index in [1.54, 1.807) is 25.1 Å².